The Hall–Kier alpha value is -2.30. The summed E-state index contributed by atoms with van der Waals surface area (Å²) in [5, 5.41) is 18.5. The molecule has 0 aliphatic rings. The van der Waals surface area contributed by atoms with E-state index in [2.05, 4.69) is 4.98 Å². The molecular weight excluding hydrogens is 222 g/mol. The zero-order valence-corrected chi connectivity index (χ0v) is 9.15. The van der Waals surface area contributed by atoms with Crippen molar-refractivity contribution in [3.63, 3.8) is 0 Å². The van der Waals surface area contributed by atoms with Crippen LogP contribution in [0.4, 0.5) is 0 Å². The van der Waals surface area contributed by atoms with Gasteiger partial charge in [0.15, 0.2) is 0 Å². The standard InChI is InChI=1S/C12H11NO4/c1-6-2-3-7-8(5-10(14)15)11(12(16)17)13-9(7)4-6/h2-4,13H,5H2,1H3,(H,14,15)(H,16,17). The Morgan fingerprint density at radius 2 is 2.00 bits per heavy atom. The fourth-order valence-electron chi connectivity index (χ4n) is 1.89. The molecule has 0 fully saturated rings. The van der Waals surface area contributed by atoms with Gasteiger partial charge in [-0.15, -0.1) is 0 Å². The molecule has 0 saturated carbocycles. The summed E-state index contributed by atoms with van der Waals surface area (Å²) in [5.41, 5.74) is 1.91. The summed E-state index contributed by atoms with van der Waals surface area (Å²) >= 11 is 0. The van der Waals surface area contributed by atoms with Crippen LogP contribution in [-0.4, -0.2) is 27.1 Å². The maximum Gasteiger partial charge on any atom is 0.352 e. The van der Waals surface area contributed by atoms with Crippen LogP contribution in [0.2, 0.25) is 0 Å². The summed E-state index contributed by atoms with van der Waals surface area (Å²) in [6.45, 7) is 1.89. The van der Waals surface area contributed by atoms with Crippen molar-refractivity contribution in [3.05, 3.63) is 35.0 Å². The molecule has 0 unspecified atom stereocenters. The Labute approximate surface area is 96.7 Å². The fourth-order valence-corrected chi connectivity index (χ4v) is 1.89. The van der Waals surface area contributed by atoms with Gasteiger partial charge in [0.05, 0.1) is 6.42 Å². The lowest BCUT2D eigenvalue weighted by Crippen LogP contribution is -2.06. The topological polar surface area (TPSA) is 90.4 Å². The van der Waals surface area contributed by atoms with Gasteiger partial charge in [-0.3, -0.25) is 4.79 Å². The van der Waals surface area contributed by atoms with Crippen molar-refractivity contribution < 1.29 is 19.8 Å². The number of aryl methyl sites for hydroxylation is 1. The van der Waals surface area contributed by atoms with Gasteiger partial charge < -0.3 is 15.2 Å². The van der Waals surface area contributed by atoms with Crippen LogP contribution in [0.15, 0.2) is 18.2 Å². The molecule has 5 nitrogen and oxygen atoms in total. The van der Waals surface area contributed by atoms with Gasteiger partial charge in [-0.1, -0.05) is 12.1 Å². The first-order chi connectivity index (χ1) is 7.99. The lowest BCUT2D eigenvalue weighted by atomic mass is 10.1. The number of aromatic nitrogens is 1. The lowest BCUT2D eigenvalue weighted by Gasteiger charge is -1.97. The highest BCUT2D eigenvalue weighted by Crippen LogP contribution is 2.24. The largest absolute Gasteiger partial charge is 0.481 e. The van der Waals surface area contributed by atoms with Crippen molar-refractivity contribution in [2.24, 2.45) is 0 Å². The average Bonchev–Trinajstić information content (AvgIpc) is 2.55. The average molecular weight is 233 g/mol. The van der Waals surface area contributed by atoms with Gasteiger partial charge >= 0.3 is 11.9 Å². The molecular formula is C12H11NO4. The monoisotopic (exact) mass is 233 g/mol. The Morgan fingerprint density at radius 1 is 1.29 bits per heavy atom. The van der Waals surface area contributed by atoms with Gasteiger partial charge in [-0.25, -0.2) is 4.79 Å². The summed E-state index contributed by atoms with van der Waals surface area (Å²) in [4.78, 5) is 24.5. The van der Waals surface area contributed by atoms with Gasteiger partial charge in [-0.05, 0) is 18.6 Å². The smallest absolute Gasteiger partial charge is 0.352 e. The maximum absolute atomic E-state index is 11.0. The van der Waals surface area contributed by atoms with E-state index in [0.29, 0.717) is 16.5 Å². The number of aromatic carboxylic acids is 1. The zero-order valence-electron chi connectivity index (χ0n) is 9.15. The lowest BCUT2D eigenvalue weighted by molar-refractivity contribution is -0.136. The molecule has 2 rings (SSSR count). The molecule has 0 radical (unpaired) electrons. The van der Waals surface area contributed by atoms with E-state index in [1.54, 1.807) is 12.1 Å². The second-order valence-corrected chi connectivity index (χ2v) is 3.90. The number of nitrogens with one attached hydrogen (secondary N) is 1. The zero-order chi connectivity index (χ0) is 12.6. The van der Waals surface area contributed by atoms with E-state index in [1.807, 2.05) is 13.0 Å². The minimum atomic E-state index is -1.14. The first-order valence-electron chi connectivity index (χ1n) is 5.05. The van der Waals surface area contributed by atoms with Gasteiger partial charge in [0, 0.05) is 16.5 Å². The summed E-state index contributed by atoms with van der Waals surface area (Å²) in [7, 11) is 0. The van der Waals surface area contributed by atoms with Crippen LogP contribution in [0, 0.1) is 6.92 Å². The highest BCUT2D eigenvalue weighted by Gasteiger charge is 2.18. The second-order valence-electron chi connectivity index (χ2n) is 3.90. The van der Waals surface area contributed by atoms with Crippen LogP contribution in [0.1, 0.15) is 21.6 Å². The van der Waals surface area contributed by atoms with Crippen molar-refractivity contribution in [2.45, 2.75) is 13.3 Å². The predicted molar refractivity (Wildman–Crippen MR) is 61.3 cm³/mol. The molecule has 3 N–H and O–H groups in total. The van der Waals surface area contributed by atoms with E-state index in [9.17, 15) is 9.59 Å². The minimum Gasteiger partial charge on any atom is -0.481 e. The molecule has 0 aliphatic heterocycles. The molecule has 0 atom stereocenters. The van der Waals surface area contributed by atoms with Gasteiger partial charge in [-0.2, -0.15) is 0 Å². The van der Waals surface area contributed by atoms with Crippen LogP contribution in [-0.2, 0) is 11.2 Å². The number of aliphatic carboxylic acids is 1. The normalized spacial score (nSPS) is 10.6. The highest BCUT2D eigenvalue weighted by molar-refractivity contribution is 5.99. The van der Waals surface area contributed by atoms with E-state index in [4.69, 9.17) is 10.2 Å². The number of H-pyrrole nitrogens is 1. The van der Waals surface area contributed by atoms with Crippen LogP contribution in [0.25, 0.3) is 10.9 Å². The first kappa shape index (κ1) is 11.2. The van der Waals surface area contributed by atoms with Crippen LogP contribution < -0.4 is 0 Å². The molecule has 0 bridgehead atoms. The van der Waals surface area contributed by atoms with E-state index in [1.165, 1.54) is 0 Å². The maximum atomic E-state index is 11.0. The van der Waals surface area contributed by atoms with Crippen molar-refractivity contribution in [1.29, 1.82) is 0 Å². The van der Waals surface area contributed by atoms with E-state index < -0.39 is 11.9 Å². The number of benzene rings is 1. The summed E-state index contributed by atoms with van der Waals surface area (Å²) in [5.74, 6) is -2.19. The number of hydrogen-bond donors (Lipinski definition) is 3. The van der Waals surface area contributed by atoms with Crippen LogP contribution in [0.3, 0.4) is 0 Å². The quantitative estimate of drug-likeness (QED) is 0.753. The number of carbonyl (C=O) groups is 2. The number of carboxylic acids is 2. The number of rotatable bonds is 3. The third kappa shape index (κ3) is 1.99. The van der Waals surface area contributed by atoms with E-state index in [-0.39, 0.29) is 12.1 Å². The van der Waals surface area contributed by atoms with Crippen LogP contribution >= 0.6 is 0 Å². The number of carboxylic acid groups (broad SMARTS) is 2. The molecule has 1 aromatic carbocycles. The van der Waals surface area contributed by atoms with Gasteiger partial charge in [0.1, 0.15) is 5.69 Å². The SMILES string of the molecule is Cc1ccc2c(CC(=O)O)c(C(=O)O)[nH]c2c1. The minimum absolute atomic E-state index is 0.0481. The Balaban J connectivity index is 2.71. The molecule has 88 valence electrons. The highest BCUT2D eigenvalue weighted by atomic mass is 16.4. The Kier molecular flexibility index (Phi) is 2.59. The number of fused-ring (bicyclic) bond motifs is 1. The van der Waals surface area contributed by atoms with E-state index in [0.717, 1.165) is 5.56 Å². The molecule has 5 heteroatoms. The summed E-state index contributed by atoms with van der Waals surface area (Å²) < 4.78 is 0. The van der Waals surface area contributed by atoms with Crippen molar-refractivity contribution in [3.8, 4) is 0 Å². The molecule has 1 heterocycles. The predicted octanol–water partition coefficient (Wildman–Crippen LogP) is 1.80. The van der Waals surface area contributed by atoms with Gasteiger partial charge in [0.2, 0.25) is 0 Å². The first-order valence-corrected chi connectivity index (χ1v) is 5.05. The number of hydrogen-bond acceptors (Lipinski definition) is 2. The fraction of sp³-hybridized carbons (Fsp3) is 0.167. The van der Waals surface area contributed by atoms with Crippen molar-refractivity contribution in [2.75, 3.05) is 0 Å². The molecule has 0 amide bonds. The molecule has 1 aromatic heterocycles. The summed E-state index contributed by atoms with van der Waals surface area (Å²) in [6.07, 6.45) is -0.301. The van der Waals surface area contributed by atoms with E-state index >= 15 is 0 Å². The third-order valence-corrected chi connectivity index (χ3v) is 2.60. The second kappa shape index (κ2) is 3.93. The van der Waals surface area contributed by atoms with Crippen molar-refractivity contribution >= 4 is 22.8 Å². The Bertz CT molecular complexity index is 612. The van der Waals surface area contributed by atoms with Crippen LogP contribution in [0.5, 0.6) is 0 Å². The Morgan fingerprint density at radius 3 is 2.59 bits per heavy atom. The third-order valence-electron chi connectivity index (χ3n) is 2.60. The molecule has 0 spiro atoms. The molecule has 17 heavy (non-hydrogen) atoms. The summed E-state index contributed by atoms with van der Waals surface area (Å²) in [6, 6.07) is 5.37. The molecule has 0 saturated heterocycles. The van der Waals surface area contributed by atoms with Crippen molar-refractivity contribution in [1.82, 2.24) is 4.98 Å². The molecule has 0 aliphatic carbocycles. The van der Waals surface area contributed by atoms with Gasteiger partial charge in [0.25, 0.3) is 0 Å². The molecule has 2 aromatic rings. The number of aromatic amines is 1.